The molecule has 6 heteroatoms. The van der Waals surface area contributed by atoms with Gasteiger partial charge < -0.3 is 10.2 Å². The van der Waals surface area contributed by atoms with Crippen LogP contribution in [0.5, 0.6) is 0 Å². The lowest BCUT2D eigenvalue weighted by Gasteiger charge is -2.45. The van der Waals surface area contributed by atoms with Crippen molar-refractivity contribution in [1.82, 2.24) is 20.1 Å². The second kappa shape index (κ2) is 10.1. The molecule has 1 aliphatic carbocycles. The van der Waals surface area contributed by atoms with Gasteiger partial charge in [-0.05, 0) is 51.2 Å². The SMILES string of the molecule is C=C1NC(=O)CCC1c1ccc(N2CCC(N3CCN(C4CCCCC4)CC3)CC2)c(C)n1. The van der Waals surface area contributed by atoms with Crippen LogP contribution in [0.1, 0.15) is 75.1 Å². The largest absolute Gasteiger partial charge is 0.370 e. The van der Waals surface area contributed by atoms with Crippen molar-refractivity contribution in [1.29, 1.82) is 0 Å². The van der Waals surface area contributed by atoms with Crippen molar-refractivity contribution < 1.29 is 4.79 Å². The van der Waals surface area contributed by atoms with E-state index in [9.17, 15) is 4.79 Å². The van der Waals surface area contributed by atoms with Gasteiger partial charge in [-0.1, -0.05) is 25.8 Å². The highest BCUT2D eigenvalue weighted by molar-refractivity contribution is 5.79. The van der Waals surface area contributed by atoms with Crippen LogP contribution < -0.4 is 10.2 Å². The summed E-state index contributed by atoms with van der Waals surface area (Å²) >= 11 is 0. The van der Waals surface area contributed by atoms with Crippen LogP contribution in [0, 0.1) is 6.92 Å². The Kier molecular flexibility index (Phi) is 7.02. The lowest BCUT2D eigenvalue weighted by molar-refractivity contribution is -0.121. The van der Waals surface area contributed by atoms with Crippen molar-refractivity contribution in [3.63, 3.8) is 0 Å². The first-order chi connectivity index (χ1) is 16.1. The molecule has 1 unspecified atom stereocenters. The van der Waals surface area contributed by atoms with Crippen LogP contribution in [-0.4, -0.2) is 72.0 Å². The predicted octanol–water partition coefficient (Wildman–Crippen LogP) is 3.82. The molecule has 4 fully saturated rings. The molecule has 33 heavy (non-hydrogen) atoms. The number of anilines is 1. The van der Waals surface area contributed by atoms with Crippen LogP contribution in [0.3, 0.4) is 0 Å². The fraction of sp³-hybridized carbons (Fsp3) is 0.704. The Hall–Kier alpha value is -1.92. The van der Waals surface area contributed by atoms with Gasteiger partial charge in [0, 0.05) is 75.1 Å². The Morgan fingerprint density at radius 3 is 2.12 bits per heavy atom. The van der Waals surface area contributed by atoms with Crippen LogP contribution in [0.15, 0.2) is 24.4 Å². The van der Waals surface area contributed by atoms with Crippen LogP contribution >= 0.6 is 0 Å². The highest BCUT2D eigenvalue weighted by Gasteiger charge is 2.31. The van der Waals surface area contributed by atoms with Gasteiger partial charge in [0.2, 0.25) is 5.91 Å². The topological polar surface area (TPSA) is 51.7 Å². The molecule has 3 aliphatic heterocycles. The zero-order chi connectivity index (χ0) is 22.8. The number of amides is 1. The van der Waals surface area contributed by atoms with Gasteiger partial charge in [0.25, 0.3) is 0 Å². The van der Waals surface area contributed by atoms with Crippen molar-refractivity contribution in [2.75, 3.05) is 44.2 Å². The second-order valence-electron chi connectivity index (χ2n) is 10.6. The summed E-state index contributed by atoms with van der Waals surface area (Å²) in [6.45, 7) is 13.4. The van der Waals surface area contributed by atoms with E-state index in [4.69, 9.17) is 4.98 Å². The summed E-state index contributed by atoms with van der Waals surface area (Å²) in [5.74, 6) is 0.205. The summed E-state index contributed by atoms with van der Waals surface area (Å²) in [5.41, 5.74) is 4.18. The highest BCUT2D eigenvalue weighted by atomic mass is 16.1. The van der Waals surface area contributed by atoms with E-state index in [2.05, 4.69) is 45.7 Å². The summed E-state index contributed by atoms with van der Waals surface area (Å²) in [5, 5.41) is 2.89. The van der Waals surface area contributed by atoms with E-state index in [-0.39, 0.29) is 11.8 Å². The molecule has 1 aromatic heterocycles. The Labute approximate surface area is 199 Å². The third-order valence-electron chi connectivity index (χ3n) is 8.58. The monoisotopic (exact) mass is 451 g/mol. The fourth-order valence-electron chi connectivity index (χ4n) is 6.59. The molecule has 0 spiro atoms. The van der Waals surface area contributed by atoms with Gasteiger partial charge in [-0.3, -0.25) is 19.6 Å². The quantitative estimate of drug-likeness (QED) is 0.754. The first-order valence-electron chi connectivity index (χ1n) is 13.3. The zero-order valence-electron chi connectivity index (χ0n) is 20.4. The van der Waals surface area contributed by atoms with Crippen LogP contribution in [0.4, 0.5) is 5.69 Å². The van der Waals surface area contributed by atoms with E-state index in [0.717, 1.165) is 48.7 Å². The van der Waals surface area contributed by atoms with Crippen molar-refractivity contribution in [2.24, 2.45) is 0 Å². The number of nitrogens with zero attached hydrogens (tertiary/aromatic N) is 4. The number of carbonyl (C=O) groups is 1. The number of rotatable bonds is 4. The number of aryl methyl sites for hydroxylation is 1. The van der Waals surface area contributed by atoms with Crippen LogP contribution in [0.2, 0.25) is 0 Å². The third-order valence-corrected chi connectivity index (χ3v) is 8.58. The first kappa shape index (κ1) is 22.9. The fourth-order valence-corrected chi connectivity index (χ4v) is 6.59. The molecule has 4 aliphatic rings. The molecule has 180 valence electrons. The molecule has 3 saturated heterocycles. The van der Waals surface area contributed by atoms with Crippen molar-refractivity contribution in [3.05, 3.63) is 35.8 Å². The van der Waals surface area contributed by atoms with Gasteiger partial charge >= 0.3 is 0 Å². The van der Waals surface area contributed by atoms with Crippen molar-refractivity contribution in [3.8, 4) is 0 Å². The smallest absolute Gasteiger partial charge is 0.224 e. The summed E-state index contributed by atoms with van der Waals surface area (Å²) in [6, 6.07) is 5.98. The minimum absolute atomic E-state index is 0.0721. The third kappa shape index (κ3) is 5.12. The van der Waals surface area contributed by atoms with E-state index < -0.39 is 0 Å². The summed E-state index contributed by atoms with van der Waals surface area (Å²) in [4.78, 5) is 24.6. The number of piperazine rings is 1. The number of nitrogens with one attached hydrogen (secondary N) is 1. The second-order valence-corrected chi connectivity index (χ2v) is 10.6. The molecule has 1 aromatic rings. The van der Waals surface area contributed by atoms with Gasteiger partial charge in [-0.25, -0.2) is 0 Å². The molecule has 4 heterocycles. The summed E-state index contributed by atoms with van der Waals surface area (Å²) in [7, 11) is 0. The molecular weight excluding hydrogens is 410 g/mol. The molecule has 5 rings (SSSR count). The van der Waals surface area contributed by atoms with Gasteiger partial charge in [-0.15, -0.1) is 0 Å². The van der Waals surface area contributed by atoms with Gasteiger partial charge in [0.05, 0.1) is 11.4 Å². The van der Waals surface area contributed by atoms with E-state index in [1.165, 1.54) is 76.8 Å². The number of hydrogen-bond acceptors (Lipinski definition) is 5. The lowest BCUT2D eigenvalue weighted by Crippen LogP contribution is -2.55. The first-order valence-corrected chi connectivity index (χ1v) is 13.3. The molecule has 1 atom stereocenters. The molecule has 6 nitrogen and oxygen atoms in total. The van der Waals surface area contributed by atoms with E-state index in [1.54, 1.807) is 0 Å². The Morgan fingerprint density at radius 1 is 0.879 bits per heavy atom. The predicted molar refractivity (Wildman–Crippen MR) is 133 cm³/mol. The maximum Gasteiger partial charge on any atom is 0.224 e. The van der Waals surface area contributed by atoms with Crippen LogP contribution in [-0.2, 0) is 4.79 Å². The van der Waals surface area contributed by atoms with Gasteiger partial charge in [-0.2, -0.15) is 0 Å². The summed E-state index contributed by atoms with van der Waals surface area (Å²) in [6.07, 6.45) is 11.0. The number of allylic oxidation sites excluding steroid dienone is 1. The zero-order valence-corrected chi connectivity index (χ0v) is 20.4. The number of pyridine rings is 1. The Bertz CT molecular complexity index is 848. The number of carbonyl (C=O) groups excluding carboxylic acids is 1. The average Bonchev–Trinajstić information content (AvgIpc) is 2.85. The molecule has 0 bridgehead atoms. The number of piperidine rings is 2. The normalized spacial score (nSPS) is 27.1. The average molecular weight is 452 g/mol. The van der Waals surface area contributed by atoms with E-state index in [0.29, 0.717) is 6.42 Å². The number of aromatic nitrogens is 1. The van der Waals surface area contributed by atoms with E-state index >= 15 is 0 Å². The molecule has 1 N–H and O–H groups in total. The van der Waals surface area contributed by atoms with E-state index in [1.807, 2.05) is 0 Å². The van der Waals surface area contributed by atoms with Gasteiger partial charge in [0.1, 0.15) is 0 Å². The molecule has 0 aromatic carbocycles. The van der Waals surface area contributed by atoms with Gasteiger partial charge in [0.15, 0.2) is 0 Å². The summed E-state index contributed by atoms with van der Waals surface area (Å²) < 4.78 is 0. The molecule has 0 radical (unpaired) electrons. The molecule has 1 saturated carbocycles. The number of hydrogen-bond donors (Lipinski definition) is 1. The maximum atomic E-state index is 11.6. The Balaban J connectivity index is 1.13. The maximum absolute atomic E-state index is 11.6. The van der Waals surface area contributed by atoms with Crippen molar-refractivity contribution >= 4 is 11.6 Å². The highest BCUT2D eigenvalue weighted by Crippen LogP contribution is 2.32. The minimum atomic E-state index is 0.0721. The van der Waals surface area contributed by atoms with Crippen LogP contribution in [0.25, 0.3) is 0 Å². The van der Waals surface area contributed by atoms with Crippen molar-refractivity contribution in [2.45, 2.75) is 82.7 Å². The molecular formula is C27H41N5O. The molecule has 1 amide bonds. The standard InChI is InChI=1S/C27H41N5O/c1-20-24(8-11-27(33)29-20)25-9-10-26(21(2)28-25)32-14-12-23(13-15-32)31-18-16-30(17-19-31)22-6-4-3-5-7-22/h9-10,22-24H,1,3-8,11-19H2,2H3,(H,29,33). The lowest BCUT2D eigenvalue weighted by atomic mass is 9.92. The Morgan fingerprint density at radius 2 is 1.52 bits per heavy atom. The minimum Gasteiger partial charge on any atom is -0.370 e.